The van der Waals surface area contributed by atoms with Crippen LogP contribution in [0.5, 0.6) is 0 Å². The Hall–Kier alpha value is -4.87. The van der Waals surface area contributed by atoms with E-state index in [0.29, 0.717) is 22.4 Å². The predicted molar refractivity (Wildman–Crippen MR) is 230 cm³/mol. The van der Waals surface area contributed by atoms with Crippen molar-refractivity contribution in [2.75, 3.05) is 0 Å². The minimum absolute atomic E-state index is 0. The average Bonchev–Trinajstić information content (AvgIpc) is 3.62. The molecule has 275 valence electrons. The van der Waals surface area contributed by atoms with Crippen molar-refractivity contribution < 1.29 is 32.7 Å². The van der Waals surface area contributed by atoms with E-state index in [2.05, 4.69) is 94.0 Å². The Morgan fingerprint density at radius 2 is 1.53 bits per heavy atom. The number of fused-ring (bicyclic) bond motifs is 7. The second kappa shape index (κ2) is 16.1. The number of pyridine rings is 2. The molecule has 3 aromatic heterocycles. The van der Waals surface area contributed by atoms with Gasteiger partial charge < -0.3 is 9.40 Å². The molecule has 0 saturated heterocycles. The molecule has 0 aliphatic rings. The molecule has 9 aromatic rings. The van der Waals surface area contributed by atoms with Gasteiger partial charge in [0.25, 0.3) is 0 Å². The van der Waals surface area contributed by atoms with Gasteiger partial charge >= 0.3 is 155 Å². The number of nitrogens with zero attached hydrogens (tertiary/aromatic N) is 2. The van der Waals surface area contributed by atoms with Crippen LogP contribution in [0.25, 0.3) is 66.0 Å². The molecule has 0 amide bonds. The van der Waals surface area contributed by atoms with E-state index in [0.717, 1.165) is 53.9 Å². The van der Waals surface area contributed by atoms with Gasteiger partial charge in [-0.05, 0) is 33.8 Å². The van der Waals surface area contributed by atoms with Crippen LogP contribution in [-0.2, 0) is 26.5 Å². The molecule has 9 rings (SSSR count). The summed E-state index contributed by atoms with van der Waals surface area (Å²) in [6.45, 7) is 1.59. The normalized spacial score (nSPS) is 13.8. The quantitative estimate of drug-likeness (QED) is 0.0947. The average molecular weight is 960 g/mol. The molecule has 0 spiro atoms. The van der Waals surface area contributed by atoms with E-state index < -0.39 is 32.4 Å². The molecule has 0 bridgehead atoms. The molecule has 6 aromatic carbocycles. The zero-order chi connectivity index (χ0) is 42.6. The molecule has 0 unspecified atom stereocenters. The van der Waals surface area contributed by atoms with Crippen molar-refractivity contribution in [1.82, 2.24) is 9.97 Å². The molecule has 0 N–H and O–H groups in total. The first-order valence-corrected chi connectivity index (χ1v) is 25.5. The Bertz CT molecular complexity index is 3030. The standard InChI is InChI=1S/C28H20NO.C22H24GeN.Ir/c1-17(2)20-14-15-29-25(16-20)24-9-5-8-22-23-13-12-19-11-10-18-6-3-4-7-21(18)26(19)28(23)30-27(22)24;1-17-10-12-19(13-11-17)22-15-20(14-18-8-6-5-7-9-18)21(16-24-22)23(2,3)4;/h3-8,10-17H,1-2H3;5-12,15-16H,14H2,1-4H3;/q2*-1;/i17D;1D3,14D2;. The van der Waals surface area contributed by atoms with Gasteiger partial charge in [0.1, 0.15) is 5.58 Å². The summed E-state index contributed by atoms with van der Waals surface area (Å²) < 4.78 is 56.3. The van der Waals surface area contributed by atoms with Crippen LogP contribution >= 0.6 is 0 Å². The first-order valence-electron chi connectivity index (χ1n) is 21.1. The number of aromatic nitrogens is 2. The zero-order valence-corrected chi connectivity index (χ0v) is 35.9. The number of hydrogen-bond acceptors (Lipinski definition) is 3. The molecule has 1 radical (unpaired) electrons. The summed E-state index contributed by atoms with van der Waals surface area (Å²) in [5.74, 6) is 5.96. The largest absolute Gasteiger partial charge is 0 e. The Morgan fingerprint density at radius 3 is 2.29 bits per heavy atom. The molecular formula is C50H44GeIrN2O-2. The summed E-state index contributed by atoms with van der Waals surface area (Å²) in [4.78, 5) is 9.16. The van der Waals surface area contributed by atoms with Crippen LogP contribution in [0.15, 0.2) is 144 Å². The Kier molecular flexibility index (Phi) is 9.17. The van der Waals surface area contributed by atoms with E-state index in [9.17, 15) is 0 Å². The summed E-state index contributed by atoms with van der Waals surface area (Å²) in [6.07, 6.45) is 1.90. The Morgan fingerprint density at radius 1 is 0.764 bits per heavy atom. The van der Waals surface area contributed by atoms with Crippen LogP contribution in [-0.4, -0.2) is 23.2 Å². The van der Waals surface area contributed by atoms with E-state index >= 15 is 0 Å². The van der Waals surface area contributed by atoms with Gasteiger partial charge in [0.2, 0.25) is 0 Å². The van der Waals surface area contributed by atoms with Crippen LogP contribution in [0.2, 0.25) is 17.3 Å². The van der Waals surface area contributed by atoms with E-state index in [1.807, 2.05) is 50.2 Å². The summed E-state index contributed by atoms with van der Waals surface area (Å²) in [6, 6.07) is 46.9. The summed E-state index contributed by atoms with van der Waals surface area (Å²) in [7, 11) is 0. The molecule has 0 saturated carbocycles. The maximum atomic E-state index is 8.89. The van der Waals surface area contributed by atoms with Crippen LogP contribution in [0.4, 0.5) is 0 Å². The van der Waals surface area contributed by atoms with Crippen LogP contribution in [0.1, 0.15) is 50.2 Å². The molecule has 3 heterocycles. The fourth-order valence-corrected chi connectivity index (χ4v) is 9.85. The maximum absolute atomic E-state index is 8.89. The topological polar surface area (TPSA) is 38.9 Å². The van der Waals surface area contributed by atoms with E-state index in [-0.39, 0.29) is 25.7 Å². The minimum Gasteiger partial charge on any atom is 0 e. The number of furan rings is 1. The third-order valence-electron chi connectivity index (χ3n) is 9.75. The van der Waals surface area contributed by atoms with Crippen molar-refractivity contribution in [3.05, 3.63) is 174 Å². The van der Waals surface area contributed by atoms with Crippen LogP contribution in [0.3, 0.4) is 0 Å². The number of benzene rings is 6. The Balaban J connectivity index is 0.000000182. The molecule has 55 heavy (non-hydrogen) atoms. The van der Waals surface area contributed by atoms with Gasteiger partial charge in [-0.3, -0.25) is 0 Å². The molecule has 3 nitrogen and oxygen atoms in total. The maximum Gasteiger partial charge on any atom is 0 e. The van der Waals surface area contributed by atoms with Gasteiger partial charge in [-0.1, -0.05) is 85.0 Å². The predicted octanol–water partition coefficient (Wildman–Crippen LogP) is 12.9. The van der Waals surface area contributed by atoms with Gasteiger partial charge in [0.05, 0.1) is 5.58 Å². The number of aryl methyl sites for hydroxylation is 1. The van der Waals surface area contributed by atoms with Crippen molar-refractivity contribution >= 4 is 61.1 Å². The van der Waals surface area contributed by atoms with E-state index in [1.165, 1.54) is 16.8 Å². The number of hydrogen-bond donors (Lipinski definition) is 0. The first-order chi connectivity index (χ1) is 28.4. The second-order valence-electron chi connectivity index (χ2n) is 14.8. The molecule has 0 aliphatic carbocycles. The van der Waals surface area contributed by atoms with Gasteiger partial charge in [-0.15, -0.1) is 18.2 Å². The molecule has 0 fully saturated rings. The molecule has 5 heteroatoms. The Labute approximate surface area is 349 Å². The fourth-order valence-electron chi connectivity index (χ4n) is 6.92. The summed E-state index contributed by atoms with van der Waals surface area (Å²) in [5.41, 5.74) is 6.89. The monoisotopic (exact) mass is 961 g/mol. The molecule has 0 aliphatic heterocycles. The minimum atomic E-state index is -2.42. The van der Waals surface area contributed by atoms with Crippen LogP contribution < -0.4 is 4.40 Å². The second-order valence-corrected chi connectivity index (χ2v) is 25.4. The van der Waals surface area contributed by atoms with Gasteiger partial charge in [-0.2, -0.15) is 0 Å². The van der Waals surface area contributed by atoms with Gasteiger partial charge in [-0.25, -0.2) is 0 Å². The van der Waals surface area contributed by atoms with Crippen LogP contribution in [0, 0.1) is 19.0 Å². The fraction of sp³-hybridized carbons (Fsp3) is 0.160. The molecular weight excluding hydrogens is 909 g/mol. The zero-order valence-electron chi connectivity index (χ0n) is 37.4. The van der Waals surface area contributed by atoms with Gasteiger partial charge in [0.15, 0.2) is 0 Å². The number of rotatable bonds is 6. The third-order valence-corrected chi connectivity index (χ3v) is 14.0. The van der Waals surface area contributed by atoms with Crippen molar-refractivity contribution in [3.8, 4) is 22.5 Å². The van der Waals surface area contributed by atoms with Crippen molar-refractivity contribution in [2.24, 2.45) is 0 Å². The SMILES string of the molecule is [2H]C(C)(C)c1ccnc(-c2[c-]ccc3c2oc2c3ccc3ccc4ccccc4c32)c1.[2H]C([2H])([2H])c1c[c-]c(-c2cc(C([2H])([2H])c3ccccc3)[c]([Ge]([CH3])([CH3])[CH3])cn2)cc1.[Ir]. The first kappa shape index (κ1) is 31.3. The van der Waals surface area contributed by atoms with Gasteiger partial charge in [0, 0.05) is 38.4 Å². The van der Waals surface area contributed by atoms with E-state index in [4.69, 9.17) is 12.6 Å². The third kappa shape index (κ3) is 7.96. The summed E-state index contributed by atoms with van der Waals surface area (Å²) in [5, 5.41) is 6.81. The van der Waals surface area contributed by atoms with Crippen molar-refractivity contribution in [3.63, 3.8) is 0 Å². The van der Waals surface area contributed by atoms with Crippen molar-refractivity contribution in [1.29, 1.82) is 0 Å². The smallest absolute Gasteiger partial charge is 0 e. The summed E-state index contributed by atoms with van der Waals surface area (Å²) >= 11 is -2.42. The molecule has 0 atom stereocenters. The van der Waals surface area contributed by atoms with Crippen molar-refractivity contribution in [2.45, 2.75) is 50.2 Å². The van der Waals surface area contributed by atoms with E-state index in [1.54, 1.807) is 42.7 Å².